The molecule has 1 N–H and O–H groups in total. The number of rotatable bonds is 8. The first kappa shape index (κ1) is 24.9. The van der Waals surface area contributed by atoms with Gasteiger partial charge in [0.2, 0.25) is 10.0 Å². The number of esters is 1. The number of nitrogens with zero attached hydrogens (tertiary/aromatic N) is 4. The van der Waals surface area contributed by atoms with Crippen molar-refractivity contribution in [3.05, 3.63) is 41.0 Å². The van der Waals surface area contributed by atoms with Gasteiger partial charge in [0.15, 0.2) is 17.6 Å². The van der Waals surface area contributed by atoms with Gasteiger partial charge >= 0.3 is 5.97 Å². The van der Waals surface area contributed by atoms with E-state index in [9.17, 15) is 18.0 Å². The number of carbonyl (C=O) groups excluding carboxylic acids is 2. The lowest BCUT2D eigenvalue weighted by molar-refractivity contribution is -0.145. The summed E-state index contributed by atoms with van der Waals surface area (Å²) < 4.78 is 32.3. The summed E-state index contributed by atoms with van der Waals surface area (Å²) in [6, 6.07) is 7.75. The first-order valence-corrected chi connectivity index (χ1v) is 12.3. The average Bonchev–Trinajstić information content (AvgIpc) is 2.80. The summed E-state index contributed by atoms with van der Waals surface area (Å²) in [6.07, 6.45) is 2.68. The molecule has 33 heavy (non-hydrogen) atoms. The highest BCUT2D eigenvalue weighted by atomic mass is 35.5. The molecule has 2 heterocycles. The van der Waals surface area contributed by atoms with E-state index < -0.39 is 28.5 Å². The van der Waals surface area contributed by atoms with Crippen molar-refractivity contribution >= 4 is 45.0 Å². The van der Waals surface area contributed by atoms with Crippen LogP contribution in [0, 0.1) is 6.92 Å². The number of ether oxygens (including phenoxy) is 1. The summed E-state index contributed by atoms with van der Waals surface area (Å²) in [5, 5.41) is 10.4. The summed E-state index contributed by atoms with van der Waals surface area (Å²) in [5.41, 5.74) is 1.04. The van der Waals surface area contributed by atoms with Crippen molar-refractivity contribution in [2.75, 3.05) is 43.5 Å². The van der Waals surface area contributed by atoms with Crippen LogP contribution in [0.25, 0.3) is 0 Å². The summed E-state index contributed by atoms with van der Waals surface area (Å²) in [6.45, 7) is 2.07. The van der Waals surface area contributed by atoms with Gasteiger partial charge in [0, 0.05) is 25.8 Å². The number of piperidine rings is 1. The average molecular weight is 496 g/mol. The topological polar surface area (TPSA) is 122 Å². The summed E-state index contributed by atoms with van der Waals surface area (Å²) >= 11 is 5.69. The number of halogens is 1. The smallest absolute Gasteiger partial charge is 0.326 e. The molecule has 1 saturated heterocycles. The number of aromatic nitrogens is 2. The van der Waals surface area contributed by atoms with Gasteiger partial charge in [-0.2, -0.15) is 4.31 Å². The van der Waals surface area contributed by atoms with Crippen molar-refractivity contribution in [3.63, 3.8) is 0 Å². The fraction of sp³-hybridized carbons (Fsp3) is 0.429. The second-order valence-corrected chi connectivity index (χ2v) is 10.0. The van der Waals surface area contributed by atoms with Crippen molar-refractivity contribution < 1.29 is 22.7 Å². The Bertz CT molecular complexity index is 1100. The van der Waals surface area contributed by atoms with E-state index in [4.69, 9.17) is 16.3 Å². The van der Waals surface area contributed by atoms with E-state index in [-0.39, 0.29) is 16.6 Å². The second-order valence-electron chi connectivity index (χ2n) is 7.72. The molecule has 0 aliphatic carbocycles. The van der Waals surface area contributed by atoms with Crippen LogP contribution in [0.3, 0.4) is 0 Å². The number of aryl methyl sites for hydroxylation is 1. The number of amides is 1. The monoisotopic (exact) mass is 495 g/mol. The van der Waals surface area contributed by atoms with E-state index in [1.54, 1.807) is 32.2 Å². The van der Waals surface area contributed by atoms with E-state index in [1.807, 2.05) is 0 Å². The molecule has 1 aromatic heterocycles. The molecule has 1 aliphatic rings. The molecule has 1 amide bonds. The van der Waals surface area contributed by atoms with E-state index in [0.29, 0.717) is 30.2 Å². The summed E-state index contributed by atoms with van der Waals surface area (Å²) in [4.78, 5) is 26.0. The van der Waals surface area contributed by atoms with Crippen LogP contribution in [0.1, 0.15) is 24.8 Å². The second kappa shape index (κ2) is 10.9. The molecule has 2 aromatic rings. The standard InChI is InChI=1S/C21H26ClN5O5S/c1-15-6-7-16(33(30,31)27-10-4-3-5-11-27)12-17(15)23-20(28)14-32-21(29)13-26(2)19-9-8-18(22)24-25-19/h6-9,12H,3-5,10-11,13-14H2,1-2H3,(H,23,28). The molecule has 0 unspecified atom stereocenters. The number of likely N-dealkylation sites (N-methyl/N-ethyl adjacent to an activating group) is 1. The number of carbonyl (C=O) groups is 2. The highest BCUT2D eigenvalue weighted by Gasteiger charge is 2.26. The molecule has 3 rings (SSSR count). The van der Waals surface area contributed by atoms with Crippen molar-refractivity contribution in [2.45, 2.75) is 31.1 Å². The first-order chi connectivity index (χ1) is 15.7. The molecule has 0 spiro atoms. The van der Waals surface area contributed by atoms with Crippen molar-refractivity contribution in [1.29, 1.82) is 0 Å². The predicted molar refractivity (Wildman–Crippen MR) is 124 cm³/mol. The fourth-order valence-corrected chi connectivity index (χ4v) is 4.96. The van der Waals surface area contributed by atoms with Gasteiger partial charge in [0.05, 0.1) is 4.90 Å². The van der Waals surface area contributed by atoms with Gasteiger partial charge in [-0.1, -0.05) is 24.1 Å². The lowest BCUT2D eigenvalue weighted by Gasteiger charge is -2.26. The number of hydrogen-bond donors (Lipinski definition) is 1. The summed E-state index contributed by atoms with van der Waals surface area (Å²) in [5.74, 6) is -0.793. The van der Waals surface area contributed by atoms with E-state index >= 15 is 0 Å². The molecular weight excluding hydrogens is 470 g/mol. The Morgan fingerprint density at radius 3 is 2.55 bits per heavy atom. The molecule has 0 atom stereocenters. The number of nitrogens with one attached hydrogen (secondary N) is 1. The molecule has 0 saturated carbocycles. The van der Waals surface area contributed by atoms with Gasteiger partial charge in [-0.3, -0.25) is 9.59 Å². The number of benzene rings is 1. The van der Waals surface area contributed by atoms with Gasteiger partial charge in [0.25, 0.3) is 5.91 Å². The molecule has 1 fully saturated rings. The molecule has 0 radical (unpaired) electrons. The fourth-order valence-electron chi connectivity index (χ4n) is 3.32. The van der Waals surface area contributed by atoms with Crippen molar-refractivity contribution in [3.8, 4) is 0 Å². The molecular formula is C21H26ClN5O5S. The van der Waals surface area contributed by atoms with Crippen molar-refractivity contribution in [1.82, 2.24) is 14.5 Å². The minimum atomic E-state index is -3.63. The van der Waals surface area contributed by atoms with E-state index in [2.05, 4.69) is 15.5 Å². The van der Waals surface area contributed by atoms with Gasteiger partial charge in [0.1, 0.15) is 6.54 Å². The van der Waals surface area contributed by atoms with Crippen LogP contribution in [0.4, 0.5) is 11.5 Å². The predicted octanol–water partition coefficient (Wildman–Crippen LogP) is 2.23. The SMILES string of the molecule is Cc1ccc(S(=O)(=O)N2CCCCC2)cc1NC(=O)COC(=O)CN(C)c1ccc(Cl)nn1. The minimum Gasteiger partial charge on any atom is -0.454 e. The Balaban J connectivity index is 1.57. The van der Waals surface area contributed by atoms with Crippen LogP contribution in [0.15, 0.2) is 35.2 Å². The Morgan fingerprint density at radius 1 is 1.15 bits per heavy atom. The Hall–Kier alpha value is -2.76. The third kappa shape index (κ3) is 6.62. The molecule has 0 bridgehead atoms. The van der Waals surface area contributed by atoms with Crippen LogP contribution in [-0.4, -0.2) is 68.1 Å². The largest absolute Gasteiger partial charge is 0.454 e. The van der Waals surface area contributed by atoms with Gasteiger partial charge in [-0.05, 0) is 49.6 Å². The van der Waals surface area contributed by atoms with Crippen LogP contribution in [0.5, 0.6) is 0 Å². The number of sulfonamides is 1. The number of hydrogen-bond acceptors (Lipinski definition) is 8. The molecule has 1 aliphatic heterocycles. The molecule has 10 nitrogen and oxygen atoms in total. The normalized spacial score (nSPS) is 14.5. The maximum absolute atomic E-state index is 12.9. The number of anilines is 2. The van der Waals surface area contributed by atoms with Gasteiger partial charge in [-0.25, -0.2) is 8.42 Å². The molecule has 1 aromatic carbocycles. The van der Waals surface area contributed by atoms with Crippen LogP contribution < -0.4 is 10.2 Å². The molecule has 12 heteroatoms. The highest BCUT2D eigenvalue weighted by molar-refractivity contribution is 7.89. The van der Waals surface area contributed by atoms with Crippen LogP contribution >= 0.6 is 11.6 Å². The first-order valence-electron chi connectivity index (χ1n) is 10.4. The zero-order valence-electron chi connectivity index (χ0n) is 18.5. The minimum absolute atomic E-state index is 0.119. The maximum atomic E-state index is 12.9. The van der Waals surface area contributed by atoms with E-state index in [0.717, 1.165) is 19.3 Å². The van der Waals surface area contributed by atoms with Crippen molar-refractivity contribution in [2.24, 2.45) is 0 Å². The lowest BCUT2D eigenvalue weighted by atomic mass is 10.2. The van der Waals surface area contributed by atoms with E-state index in [1.165, 1.54) is 21.3 Å². The third-order valence-corrected chi connectivity index (χ3v) is 7.27. The third-order valence-electron chi connectivity index (χ3n) is 5.18. The highest BCUT2D eigenvalue weighted by Crippen LogP contribution is 2.25. The molecule has 178 valence electrons. The maximum Gasteiger partial charge on any atom is 0.326 e. The zero-order chi connectivity index (χ0) is 24.0. The Morgan fingerprint density at radius 2 is 1.88 bits per heavy atom. The lowest BCUT2D eigenvalue weighted by Crippen LogP contribution is -2.35. The quantitative estimate of drug-likeness (QED) is 0.553. The van der Waals surface area contributed by atoms with Crippen LogP contribution in [-0.2, 0) is 24.3 Å². The summed E-state index contributed by atoms with van der Waals surface area (Å²) in [7, 11) is -2.01. The Labute approximate surface area is 197 Å². The Kier molecular flexibility index (Phi) is 8.22. The van der Waals surface area contributed by atoms with Crippen LogP contribution in [0.2, 0.25) is 5.15 Å². The van der Waals surface area contributed by atoms with Gasteiger partial charge in [-0.15, -0.1) is 10.2 Å². The zero-order valence-corrected chi connectivity index (χ0v) is 20.0. The van der Waals surface area contributed by atoms with Gasteiger partial charge < -0.3 is 15.0 Å².